The zero-order valence-corrected chi connectivity index (χ0v) is 20.3. The molecular formula is C28H27FN6O2. The minimum Gasteiger partial charge on any atom is -0.383 e. The first-order valence-electron chi connectivity index (χ1n) is 12.2. The van der Waals surface area contributed by atoms with Crippen molar-refractivity contribution in [2.24, 2.45) is 0 Å². The van der Waals surface area contributed by atoms with Gasteiger partial charge in [0, 0.05) is 30.6 Å². The lowest BCUT2D eigenvalue weighted by molar-refractivity contribution is -0.127. The summed E-state index contributed by atoms with van der Waals surface area (Å²) < 4.78 is 15.3. The number of halogens is 1. The first kappa shape index (κ1) is 24.3. The topological polar surface area (TPSA) is 107 Å². The highest BCUT2D eigenvalue weighted by atomic mass is 19.1. The van der Waals surface area contributed by atoms with Crippen LogP contribution >= 0.6 is 0 Å². The number of carbonyl (C=O) groups excluding carboxylic acids is 2. The molecule has 1 saturated heterocycles. The number of aromatic nitrogens is 4. The molecule has 5 rings (SSSR count). The van der Waals surface area contributed by atoms with Crippen LogP contribution in [-0.2, 0) is 11.2 Å². The Hall–Kier alpha value is -4.40. The molecule has 3 heterocycles. The van der Waals surface area contributed by atoms with E-state index < -0.39 is 5.82 Å². The molecule has 0 spiro atoms. The number of likely N-dealkylation sites (tertiary alicyclic amines) is 1. The first-order valence-corrected chi connectivity index (χ1v) is 12.2. The summed E-state index contributed by atoms with van der Waals surface area (Å²) in [5, 5.41) is 5.57. The molecule has 1 atom stereocenters. The molecule has 2 N–H and O–H groups in total. The van der Waals surface area contributed by atoms with Crippen LogP contribution in [0.4, 0.5) is 10.2 Å². The third-order valence-corrected chi connectivity index (χ3v) is 6.76. The second kappa shape index (κ2) is 10.3. The van der Waals surface area contributed by atoms with Crippen molar-refractivity contribution in [3.05, 3.63) is 84.5 Å². The number of benzene rings is 2. The largest absolute Gasteiger partial charge is 0.383 e. The van der Waals surface area contributed by atoms with E-state index in [-0.39, 0.29) is 24.2 Å². The number of anilines is 1. The molecule has 0 unspecified atom stereocenters. The molecule has 1 amide bonds. The Morgan fingerprint density at radius 1 is 1.16 bits per heavy atom. The average Bonchev–Trinajstić information content (AvgIpc) is 3.32. The summed E-state index contributed by atoms with van der Waals surface area (Å²) in [7, 11) is 0. The second-order valence-corrected chi connectivity index (χ2v) is 9.17. The van der Waals surface area contributed by atoms with Gasteiger partial charge >= 0.3 is 0 Å². The van der Waals surface area contributed by atoms with Crippen LogP contribution in [0.15, 0.2) is 67.5 Å². The van der Waals surface area contributed by atoms with Crippen LogP contribution in [-0.4, -0.2) is 49.4 Å². The maximum atomic E-state index is 13.4. The summed E-state index contributed by atoms with van der Waals surface area (Å²) in [4.78, 5) is 35.1. The second-order valence-electron chi connectivity index (χ2n) is 9.17. The highest BCUT2D eigenvalue weighted by Crippen LogP contribution is 2.34. The minimum atomic E-state index is -0.418. The molecule has 0 bridgehead atoms. The summed E-state index contributed by atoms with van der Waals surface area (Å²) in [5.41, 5.74) is 9.77. The van der Waals surface area contributed by atoms with Crippen molar-refractivity contribution < 1.29 is 14.0 Å². The maximum absolute atomic E-state index is 13.4. The minimum absolute atomic E-state index is 0.0451. The van der Waals surface area contributed by atoms with Gasteiger partial charge in [0.15, 0.2) is 11.4 Å². The van der Waals surface area contributed by atoms with Crippen LogP contribution in [0.2, 0.25) is 0 Å². The van der Waals surface area contributed by atoms with Gasteiger partial charge in [0.05, 0.1) is 11.4 Å². The SMILES string of the molecule is C=CC(=O)N1CCC[C@@H](n2nc(-c3ccc(CCC(=O)c4cccc(F)c4)cc3)c3c(N)ncnc32)C1. The van der Waals surface area contributed by atoms with Crippen LogP contribution in [0.1, 0.15) is 41.2 Å². The van der Waals surface area contributed by atoms with Crippen molar-refractivity contribution in [2.75, 3.05) is 18.8 Å². The number of hydrogen-bond donors (Lipinski definition) is 1. The Balaban J connectivity index is 1.39. The lowest BCUT2D eigenvalue weighted by Gasteiger charge is -2.32. The number of fused-ring (bicyclic) bond motifs is 1. The highest BCUT2D eigenvalue weighted by Gasteiger charge is 2.28. The van der Waals surface area contributed by atoms with E-state index in [1.54, 1.807) is 17.0 Å². The van der Waals surface area contributed by atoms with Crippen LogP contribution in [0.3, 0.4) is 0 Å². The normalized spacial score (nSPS) is 15.6. The summed E-state index contributed by atoms with van der Waals surface area (Å²) in [6.07, 6.45) is 5.29. The molecule has 188 valence electrons. The van der Waals surface area contributed by atoms with E-state index in [1.165, 1.54) is 24.5 Å². The van der Waals surface area contributed by atoms with Gasteiger partial charge in [-0.15, -0.1) is 0 Å². The van der Waals surface area contributed by atoms with Gasteiger partial charge in [0.2, 0.25) is 5.91 Å². The maximum Gasteiger partial charge on any atom is 0.246 e. The molecule has 8 nitrogen and oxygen atoms in total. The Labute approximate surface area is 213 Å². The van der Waals surface area contributed by atoms with Gasteiger partial charge in [-0.05, 0) is 43.0 Å². The lowest BCUT2D eigenvalue weighted by Crippen LogP contribution is -2.40. The smallest absolute Gasteiger partial charge is 0.246 e. The van der Waals surface area contributed by atoms with Gasteiger partial charge in [-0.25, -0.2) is 19.0 Å². The standard InChI is InChI=1S/C28H27FN6O2/c1-2-24(37)34-14-4-7-22(16-34)35-28-25(27(30)31-17-32-28)26(33-35)19-11-8-18(9-12-19)10-13-23(36)20-5-3-6-21(29)15-20/h2-3,5-6,8-9,11-12,15,17,22H,1,4,7,10,13-14,16H2,(H2,30,31,32)/t22-/m1/s1. The Morgan fingerprint density at radius 3 is 2.73 bits per heavy atom. The van der Waals surface area contributed by atoms with Crippen molar-refractivity contribution in [3.63, 3.8) is 0 Å². The molecule has 1 fully saturated rings. The van der Waals surface area contributed by atoms with Gasteiger partial charge in [-0.1, -0.05) is 43.0 Å². The first-order chi connectivity index (χ1) is 17.9. The molecule has 1 aliphatic heterocycles. The molecular weight excluding hydrogens is 471 g/mol. The van der Waals surface area contributed by atoms with Crippen LogP contribution < -0.4 is 5.73 Å². The number of nitrogen functional groups attached to an aromatic ring is 1. The number of aryl methyl sites for hydroxylation is 1. The van der Waals surface area contributed by atoms with E-state index in [4.69, 9.17) is 10.8 Å². The molecule has 9 heteroatoms. The van der Waals surface area contributed by atoms with Gasteiger partial charge in [0.25, 0.3) is 0 Å². The molecule has 1 aliphatic rings. The Morgan fingerprint density at radius 2 is 1.97 bits per heavy atom. The van der Waals surface area contributed by atoms with Gasteiger partial charge < -0.3 is 10.6 Å². The molecule has 2 aromatic carbocycles. The van der Waals surface area contributed by atoms with Crippen LogP contribution in [0.5, 0.6) is 0 Å². The molecule has 0 aliphatic carbocycles. The van der Waals surface area contributed by atoms with E-state index >= 15 is 0 Å². The van der Waals surface area contributed by atoms with E-state index in [1.807, 2.05) is 28.9 Å². The molecule has 37 heavy (non-hydrogen) atoms. The Bertz CT molecular complexity index is 1480. The number of amides is 1. The summed E-state index contributed by atoms with van der Waals surface area (Å²) in [6, 6.07) is 13.5. The number of ketones is 1. The average molecular weight is 499 g/mol. The van der Waals surface area contributed by atoms with E-state index in [0.29, 0.717) is 47.6 Å². The van der Waals surface area contributed by atoms with Crippen molar-refractivity contribution in [1.82, 2.24) is 24.6 Å². The summed E-state index contributed by atoms with van der Waals surface area (Å²) >= 11 is 0. The molecule has 0 radical (unpaired) electrons. The van der Waals surface area contributed by atoms with E-state index in [2.05, 4.69) is 16.5 Å². The number of carbonyl (C=O) groups is 2. The predicted molar refractivity (Wildman–Crippen MR) is 139 cm³/mol. The van der Waals surface area contributed by atoms with Crippen molar-refractivity contribution in [3.8, 4) is 11.3 Å². The van der Waals surface area contributed by atoms with Gasteiger partial charge in [0.1, 0.15) is 23.7 Å². The number of rotatable bonds is 7. The van der Waals surface area contributed by atoms with Crippen molar-refractivity contribution in [1.29, 1.82) is 0 Å². The fourth-order valence-electron chi connectivity index (χ4n) is 4.83. The highest BCUT2D eigenvalue weighted by molar-refractivity contribution is 5.98. The number of nitrogens with two attached hydrogens (primary N) is 1. The predicted octanol–water partition coefficient (Wildman–Crippen LogP) is 4.38. The number of piperidine rings is 1. The third-order valence-electron chi connectivity index (χ3n) is 6.76. The lowest BCUT2D eigenvalue weighted by atomic mass is 10.0. The van der Waals surface area contributed by atoms with Gasteiger partial charge in [-0.3, -0.25) is 9.59 Å². The molecule has 0 saturated carbocycles. The monoisotopic (exact) mass is 498 g/mol. The molecule has 2 aromatic heterocycles. The quantitative estimate of drug-likeness (QED) is 0.299. The van der Waals surface area contributed by atoms with Crippen molar-refractivity contribution in [2.45, 2.75) is 31.7 Å². The number of Topliss-reactive ketones (excluding diaryl/α,β-unsaturated/α-hetero) is 1. The van der Waals surface area contributed by atoms with Crippen molar-refractivity contribution >= 4 is 28.5 Å². The molecule has 4 aromatic rings. The van der Waals surface area contributed by atoms with Crippen LogP contribution in [0.25, 0.3) is 22.3 Å². The zero-order valence-electron chi connectivity index (χ0n) is 20.3. The van der Waals surface area contributed by atoms with E-state index in [0.717, 1.165) is 24.0 Å². The van der Waals surface area contributed by atoms with E-state index in [9.17, 15) is 14.0 Å². The summed E-state index contributed by atoms with van der Waals surface area (Å²) in [5.74, 6) is -0.277. The number of nitrogens with zero attached hydrogens (tertiary/aromatic N) is 5. The third kappa shape index (κ3) is 4.97. The Kier molecular flexibility index (Phi) is 6.76. The zero-order chi connectivity index (χ0) is 25.9. The fourth-order valence-corrected chi connectivity index (χ4v) is 4.83. The van der Waals surface area contributed by atoms with Gasteiger partial charge in [-0.2, -0.15) is 5.10 Å². The number of hydrogen-bond acceptors (Lipinski definition) is 6. The fraction of sp³-hybridized carbons (Fsp3) is 0.250. The van der Waals surface area contributed by atoms with Crippen LogP contribution in [0, 0.1) is 5.82 Å². The summed E-state index contributed by atoms with van der Waals surface area (Å²) in [6.45, 7) is 4.81.